The predicted molar refractivity (Wildman–Crippen MR) is 71.2 cm³/mol. The number of aliphatic hydroxyl groups excluding tert-OH is 1. The van der Waals surface area contributed by atoms with Crippen molar-refractivity contribution in [2.24, 2.45) is 0 Å². The first-order valence-electron chi connectivity index (χ1n) is 6.12. The molecule has 0 unspecified atom stereocenters. The smallest absolute Gasteiger partial charge is 0.232 e. The minimum atomic E-state index is -3.44. The number of hydrogen-bond donors (Lipinski definition) is 2. The van der Waals surface area contributed by atoms with E-state index in [0.29, 0.717) is 30.4 Å². The molecule has 1 aromatic carbocycles. The highest BCUT2D eigenvalue weighted by Gasteiger charge is 2.14. The van der Waals surface area contributed by atoms with Gasteiger partial charge in [0.05, 0.1) is 24.7 Å². The summed E-state index contributed by atoms with van der Waals surface area (Å²) in [6.07, 6.45) is 1.01. The van der Waals surface area contributed by atoms with E-state index >= 15 is 0 Å². The molecule has 1 heterocycles. The summed E-state index contributed by atoms with van der Waals surface area (Å²) >= 11 is 0. The van der Waals surface area contributed by atoms with Gasteiger partial charge in [0, 0.05) is 19.1 Å². The largest absolute Gasteiger partial charge is 0.490 e. The minimum absolute atomic E-state index is 0.113. The van der Waals surface area contributed by atoms with Crippen molar-refractivity contribution < 1.29 is 23.0 Å². The molecule has 0 saturated heterocycles. The highest BCUT2D eigenvalue weighted by Crippen LogP contribution is 2.32. The van der Waals surface area contributed by atoms with Gasteiger partial charge in [-0.25, -0.2) is 8.42 Å². The SMILES string of the molecule is O=S(=O)(CCCO)Nc1ccc2c(c1)OCCCO2. The van der Waals surface area contributed by atoms with E-state index in [-0.39, 0.29) is 18.8 Å². The van der Waals surface area contributed by atoms with Gasteiger partial charge in [0.15, 0.2) is 11.5 Å². The number of rotatable bonds is 5. The third-order valence-corrected chi connectivity index (χ3v) is 3.96. The second-order valence-electron chi connectivity index (χ2n) is 4.21. The van der Waals surface area contributed by atoms with Crippen LogP contribution in [-0.4, -0.2) is 39.1 Å². The van der Waals surface area contributed by atoms with Crippen LogP contribution in [0.25, 0.3) is 0 Å². The Labute approximate surface area is 112 Å². The zero-order chi connectivity index (χ0) is 13.7. The van der Waals surface area contributed by atoms with E-state index < -0.39 is 10.0 Å². The molecule has 0 aliphatic carbocycles. The first kappa shape index (κ1) is 14.0. The van der Waals surface area contributed by atoms with E-state index in [1.165, 1.54) is 0 Å². The van der Waals surface area contributed by atoms with Gasteiger partial charge in [-0.05, 0) is 18.6 Å². The molecule has 0 bridgehead atoms. The first-order chi connectivity index (χ1) is 9.11. The van der Waals surface area contributed by atoms with Crippen LogP contribution in [0.3, 0.4) is 0 Å². The number of nitrogens with one attached hydrogen (secondary N) is 1. The molecule has 1 aliphatic heterocycles. The highest BCUT2D eigenvalue weighted by atomic mass is 32.2. The lowest BCUT2D eigenvalue weighted by atomic mass is 10.3. The van der Waals surface area contributed by atoms with Crippen molar-refractivity contribution in [1.82, 2.24) is 0 Å². The molecule has 0 aromatic heterocycles. The van der Waals surface area contributed by atoms with Gasteiger partial charge in [0.1, 0.15) is 0 Å². The van der Waals surface area contributed by atoms with Gasteiger partial charge in [-0.15, -0.1) is 0 Å². The van der Waals surface area contributed by atoms with Crippen molar-refractivity contribution >= 4 is 15.7 Å². The summed E-state index contributed by atoms with van der Waals surface area (Å²) in [7, 11) is -3.44. The zero-order valence-corrected chi connectivity index (χ0v) is 11.3. The fraction of sp³-hybridized carbons (Fsp3) is 0.500. The van der Waals surface area contributed by atoms with E-state index in [4.69, 9.17) is 14.6 Å². The molecule has 0 saturated carbocycles. The Kier molecular flexibility index (Phi) is 4.49. The number of fused-ring (bicyclic) bond motifs is 1. The molecule has 6 nitrogen and oxygen atoms in total. The van der Waals surface area contributed by atoms with Crippen molar-refractivity contribution in [3.05, 3.63) is 18.2 Å². The van der Waals surface area contributed by atoms with Crippen LogP contribution in [0.5, 0.6) is 11.5 Å². The van der Waals surface area contributed by atoms with Gasteiger partial charge in [0.2, 0.25) is 10.0 Å². The molecule has 19 heavy (non-hydrogen) atoms. The lowest BCUT2D eigenvalue weighted by molar-refractivity contribution is 0.295. The van der Waals surface area contributed by atoms with E-state index in [9.17, 15) is 8.42 Å². The molecule has 1 aliphatic rings. The van der Waals surface area contributed by atoms with Gasteiger partial charge >= 0.3 is 0 Å². The summed E-state index contributed by atoms with van der Waals surface area (Å²) in [5.74, 6) is 1.05. The van der Waals surface area contributed by atoms with Crippen LogP contribution in [0.4, 0.5) is 5.69 Å². The maximum Gasteiger partial charge on any atom is 0.232 e. The third kappa shape index (κ3) is 4.00. The summed E-state index contributed by atoms with van der Waals surface area (Å²) in [5.41, 5.74) is 0.433. The molecular formula is C12H17NO5S. The van der Waals surface area contributed by atoms with Crippen LogP contribution < -0.4 is 14.2 Å². The number of ether oxygens (including phenoxy) is 2. The number of benzene rings is 1. The van der Waals surface area contributed by atoms with Crippen molar-refractivity contribution in [2.45, 2.75) is 12.8 Å². The van der Waals surface area contributed by atoms with Crippen LogP contribution >= 0.6 is 0 Å². The van der Waals surface area contributed by atoms with Gasteiger partial charge in [-0.3, -0.25) is 4.72 Å². The Morgan fingerprint density at radius 2 is 1.95 bits per heavy atom. The summed E-state index contributed by atoms with van der Waals surface area (Å²) in [5, 5.41) is 8.66. The summed E-state index contributed by atoms with van der Waals surface area (Å²) in [6.45, 7) is 0.990. The first-order valence-corrected chi connectivity index (χ1v) is 7.77. The predicted octanol–water partition coefficient (Wildman–Crippen LogP) is 0.972. The molecule has 0 spiro atoms. The number of hydrogen-bond acceptors (Lipinski definition) is 5. The topological polar surface area (TPSA) is 84.9 Å². The minimum Gasteiger partial charge on any atom is -0.490 e. The Morgan fingerprint density at radius 3 is 2.68 bits per heavy atom. The van der Waals surface area contributed by atoms with Crippen LogP contribution in [0.2, 0.25) is 0 Å². The van der Waals surface area contributed by atoms with Crippen LogP contribution in [0.1, 0.15) is 12.8 Å². The van der Waals surface area contributed by atoms with E-state index in [2.05, 4.69) is 4.72 Å². The zero-order valence-electron chi connectivity index (χ0n) is 10.5. The summed E-state index contributed by atoms with van der Waals surface area (Å²) < 4.78 is 36.8. The molecular weight excluding hydrogens is 270 g/mol. The Hall–Kier alpha value is -1.47. The highest BCUT2D eigenvalue weighted by molar-refractivity contribution is 7.92. The molecule has 0 fully saturated rings. The van der Waals surface area contributed by atoms with E-state index in [0.717, 1.165) is 6.42 Å². The lowest BCUT2D eigenvalue weighted by Gasteiger charge is -2.11. The van der Waals surface area contributed by atoms with Crippen molar-refractivity contribution in [2.75, 3.05) is 30.3 Å². The average molecular weight is 287 g/mol. The summed E-state index contributed by atoms with van der Waals surface area (Å²) in [6, 6.07) is 4.92. The summed E-state index contributed by atoms with van der Waals surface area (Å²) in [4.78, 5) is 0. The maximum absolute atomic E-state index is 11.7. The Balaban J connectivity index is 2.11. The van der Waals surface area contributed by atoms with Gasteiger partial charge in [0.25, 0.3) is 0 Å². The standard InChI is InChI=1S/C12H17NO5S/c14-5-1-8-19(15,16)13-10-3-4-11-12(9-10)18-7-2-6-17-11/h3-4,9,13-14H,1-2,5-8H2. The van der Waals surface area contributed by atoms with Crippen molar-refractivity contribution in [1.29, 1.82) is 0 Å². The number of aliphatic hydroxyl groups is 1. The molecule has 106 valence electrons. The maximum atomic E-state index is 11.7. The quantitative estimate of drug-likeness (QED) is 0.843. The monoisotopic (exact) mass is 287 g/mol. The van der Waals surface area contributed by atoms with Crippen LogP contribution in [-0.2, 0) is 10.0 Å². The second kappa shape index (κ2) is 6.12. The molecule has 2 rings (SSSR count). The van der Waals surface area contributed by atoms with Gasteiger partial charge in [-0.2, -0.15) is 0 Å². The Bertz CT molecular complexity index is 529. The molecule has 0 atom stereocenters. The molecule has 0 radical (unpaired) electrons. The molecule has 7 heteroatoms. The van der Waals surface area contributed by atoms with Crippen LogP contribution in [0.15, 0.2) is 18.2 Å². The fourth-order valence-corrected chi connectivity index (χ4v) is 2.81. The second-order valence-corrected chi connectivity index (χ2v) is 6.05. The molecule has 1 aromatic rings. The van der Waals surface area contributed by atoms with Crippen molar-refractivity contribution in [3.63, 3.8) is 0 Å². The van der Waals surface area contributed by atoms with E-state index in [1.54, 1.807) is 18.2 Å². The number of sulfonamides is 1. The van der Waals surface area contributed by atoms with Crippen LogP contribution in [0, 0.1) is 0 Å². The van der Waals surface area contributed by atoms with Gasteiger partial charge < -0.3 is 14.6 Å². The number of anilines is 1. The van der Waals surface area contributed by atoms with Crippen molar-refractivity contribution in [3.8, 4) is 11.5 Å². The fourth-order valence-electron chi connectivity index (χ4n) is 1.71. The van der Waals surface area contributed by atoms with Gasteiger partial charge in [-0.1, -0.05) is 0 Å². The average Bonchev–Trinajstić information content (AvgIpc) is 2.60. The normalized spacial score (nSPS) is 14.8. The van der Waals surface area contributed by atoms with E-state index in [1.807, 2.05) is 0 Å². The molecule has 2 N–H and O–H groups in total. The molecule has 0 amide bonds. The Morgan fingerprint density at radius 1 is 1.21 bits per heavy atom. The lowest BCUT2D eigenvalue weighted by Crippen LogP contribution is -2.17. The third-order valence-electron chi connectivity index (χ3n) is 2.59.